The molecule has 21 heavy (non-hydrogen) atoms. The second-order valence-electron chi connectivity index (χ2n) is 5.45. The average molecular weight is 312 g/mol. The molecule has 118 valence electrons. The number of rotatable bonds is 4. The largest absolute Gasteiger partial charge is 0.388 e. The Kier molecular flexibility index (Phi) is 4.91. The number of hydrogen-bond acceptors (Lipinski definition) is 4. The summed E-state index contributed by atoms with van der Waals surface area (Å²) in [4.78, 5) is 0.429. The van der Waals surface area contributed by atoms with Gasteiger partial charge in [-0.1, -0.05) is 6.92 Å². The fourth-order valence-electron chi connectivity index (χ4n) is 2.79. The number of anilines is 1. The third-order valence-corrected chi connectivity index (χ3v) is 6.08. The molecule has 1 aromatic rings. The summed E-state index contributed by atoms with van der Waals surface area (Å²) >= 11 is 0. The van der Waals surface area contributed by atoms with Crippen molar-refractivity contribution in [1.82, 2.24) is 4.31 Å². The van der Waals surface area contributed by atoms with Gasteiger partial charge < -0.3 is 10.1 Å². The summed E-state index contributed by atoms with van der Waals surface area (Å²) in [5.41, 5.74) is 2.48. The number of nitrogens with one attached hydrogen (secondary N) is 1. The van der Waals surface area contributed by atoms with Gasteiger partial charge >= 0.3 is 0 Å². The molecule has 1 aliphatic heterocycles. The smallest absolute Gasteiger partial charge is 0.243 e. The van der Waals surface area contributed by atoms with E-state index in [0.29, 0.717) is 24.6 Å². The summed E-state index contributed by atoms with van der Waals surface area (Å²) in [7, 11) is -1.64. The molecule has 1 atom stereocenters. The molecule has 0 bridgehead atoms. The first kappa shape index (κ1) is 16.3. The van der Waals surface area contributed by atoms with Gasteiger partial charge in [-0.05, 0) is 43.5 Å². The standard InChI is InChI=1S/C15H24N2O3S/c1-5-14-10-17(6-7-20-14)21(18,19)15-11(2)8-13(16-4)9-12(15)3/h8-9,14,16H,5-7,10H2,1-4H3. The SMILES string of the molecule is CCC1CN(S(=O)(=O)c2c(C)cc(NC)cc2C)CCO1. The lowest BCUT2D eigenvalue weighted by molar-refractivity contribution is -0.00279. The zero-order valence-electron chi connectivity index (χ0n) is 13.1. The van der Waals surface area contributed by atoms with E-state index in [9.17, 15) is 8.42 Å². The van der Waals surface area contributed by atoms with Crippen LogP contribution < -0.4 is 5.32 Å². The van der Waals surface area contributed by atoms with Crippen molar-refractivity contribution >= 4 is 15.7 Å². The number of ether oxygens (including phenoxy) is 1. The van der Waals surface area contributed by atoms with Crippen LogP contribution in [0.3, 0.4) is 0 Å². The van der Waals surface area contributed by atoms with Gasteiger partial charge in [-0.3, -0.25) is 0 Å². The predicted octanol–water partition coefficient (Wildman–Crippen LogP) is 2.14. The van der Waals surface area contributed by atoms with Crippen LogP contribution in [-0.2, 0) is 14.8 Å². The van der Waals surface area contributed by atoms with E-state index < -0.39 is 10.0 Å². The lowest BCUT2D eigenvalue weighted by Gasteiger charge is -2.32. The zero-order chi connectivity index (χ0) is 15.6. The van der Waals surface area contributed by atoms with Gasteiger partial charge in [-0.15, -0.1) is 0 Å². The van der Waals surface area contributed by atoms with Gasteiger partial charge in [0.25, 0.3) is 0 Å². The normalized spacial score (nSPS) is 20.5. The summed E-state index contributed by atoms with van der Waals surface area (Å²) < 4.78 is 33.0. The van der Waals surface area contributed by atoms with Gasteiger partial charge in [0.1, 0.15) is 0 Å². The maximum absolute atomic E-state index is 12.9. The first-order valence-electron chi connectivity index (χ1n) is 7.31. The van der Waals surface area contributed by atoms with Crippen LogP contribution in [-0.4, -0.2) is 45.6 Å². The van der Waals surface area contributed by atoms with Crippen molar-refractivity contribution in [1.29, 1.82) is 0 Å². The van der Waals surface area contributed by atoms with Crippen molar-refractivity contribution in [2.45, 2.75) is 38.2 Å². The minimum absolute atomic E-state index is 0.00859. The van der Waals surface area contributed by atoms with E-state index in [-0.39, 0.29) is 6.10 Å². The van der Waals surface area contributed by atoms with Crippen LogP contribution in [0, 0.1) is 13.8 Å². The van der Waals surface area contributed by atoms with Crippen LogP contribution in [0.4, 0.5) is 5.69 Å². The van der Waals surface area contributed by atoms with E-state index >= 15 is 0 Å². The van der Waals surface area contributed by atoms with Crippen molar-refractivity contribution < 1.29 is 13.2 Å². The minimum Gasteiger partial charge on any atom is -0.388 e. The second kappa shape index (κ2) is 6.34. The Balaban J connectivity index is 2.40. The van der Waals surface area contributed by atoms with E-state index in [0.717, 1.165) is 23.2 Å². The van der Waals surface area contributed by atoms with E-state index in [2.05, 4.69) is 5.32 Å². The first-order valence-corrected chi connectivity index (χ1v) is 8.75. The summed E-state index contributed by atoms with van der Waals surface area (Å²) in [6.07, 6.45) is 0.814. The topological polar surface area (TPSA) is 58.6 Å². The number of morpholine rings is 1. The second-order valence-corrected chi connectivity index (χ2v) is 7.33. The molecule has 1 heterocycles. The Morgan fingerprint density at radius 1 is 1.33 bits per heavy atom. The minimum atomic E-state index is -3.47. The maximum atomic E-state index is 12.9. The predicted molar refractivity (Wildman–Crippen MR) is 84.3 cm³/mol. The molecule has 6 heteroatoms. The molecule has 0 spiro atoms. The lowest BCUT2D eigenvalue weighted by Crippen LogP contribution is -2.45. The van der Waals surface area contributed by atoms with Crippen LogP contribution in [0.5, 0.6) is 0 Å². The Bertz CT molecular complexity index is 590. The quantitative estimate of drug-likeness (QED) is 0.925. The van der Waals surface area contributed by atoms with Crippen molar-refractivity contribution in [3.05, 3.63) is 23.3 Å². The number of nitrogens with zero attached hydrogens (tertiary/aromatic N) is 1. The van der Waals surface area contributed by atoms with Crippen LogP contribution >= 0.6 is 0 Å². The molecule has 2 rings (SSSR count). The molecule has 0 radical (unpaired) electrons. The molecule has 0 amide bonds. The molecule has 1 aromatic carbocycles. The van der Waals surface area contributed by atoms with Gasteiger partial charge in [0.05, 0.1) is 17.6 Å². The highest BCUT2D eigenvalue weighted by molar-refractivity contribution is 7.89. The Morgan fingerprint density at radius 2 is 1.95 bits per heavy atom. The third-order valence-electron chi connectivity index (χ3n) is 3.90. The van der Waals surface area contributed by atoms with Crippen LogP contribution in [0.25, 0.3) is 0 Å². The number of benzene rings is 1. The zero-order valence-corrected chi connectivity index (χ0v) is 14.0. The molecular formula is C15H24N2O3S. The molecule has 1 saturated heterocycles. The van der Waals surface area contributed by atoms with Crippen LogP contribution in [0.15, 0.2) is 17.0 Å². The van der Waals surface area contributed by atoms with Crippen LogP contribution in [0.1, 0.15) is 24.5 Å². The maximum Gasteiger partial charge on any atom is 0.243 e. The molecule has 1 N–H and O–H groups in total. The van der Waals surface area contributed by atoms with Crippen molar-refractivity contribution in [3.63, 3.8) is 0 Å². The third kappa shape index (κ3) is 3.22. The molecule has 1 unspecified atom stereocenters. The summed E-state index contributed by atoms with van der Waals surface area (Å²) in [5, 5.41) is 3.05. The van der Waals surface area contributed by atoms with Gasteiger partial charge in [-0.25, -0.2) is 8.42 Å². The van der Waals surface area contributed by atoms with E-state index in [4.69, 9.17) is 4.74 Å². The summed E-state index contributed by atoms with van der Waals surface area (Å²) in [6.45, 7) is 7.03. The van der Waals surface area contributed by atoms with Gasteiger partial charge in [0.2, 0.25) is 10.0 Å². The molecule has 0 aromatic heterocycles. The fourth-order valence-corrected chi connectivity index (χ4v) is 4.66. The Labute approximate surface area is 127 Å². The highest BCUT2D eigenvalue weighted by atomic mass is 32.2. The van der Waals surface area contributed by atoms with E-state index in [1.165, 1.54) is 0 Å². The molecule has 1 fully saturated rings. The van der Waals surface area contributed by atoms with Crippen molar-refractivity contribution in [2.24, 2.45) is 0 Å². The molecule has 1 aliphatic rings. The Morgan fingerprint density at radius 3 is 2.48 bits per heavy atom. The molecule has 0 aliphatic carbocycles. The van der Waals surface area contributed by atoms with Gasteiger partial charge in [-0.2, -0.15) is 4.31 Å². The number of aryl methyl sites for hydroxylation is 2. The van der Waals surface area contributed by atoms with Crippen LogP contribution in [0.2, 0.25) is 0 Å². The van der Waals surface area contributed by atoms with E-state index in [1.807, 2.05) is 40.0 Å². The molecule has 0 saturated carbocycles. The first-order chi connectivity index (χ1) is 9.90. The highest BCUT2D eigenvalue weighted by Gasteiger charge is 2.32. The number of hydrogen-bond donors (Lipinski definition) is 1. The highest BCUT2D eigenvalue weighted by Crippen LogP contribution is 2.28. The fraction of sp³-hybridized carbons (Fsp3) is 0.600. The van der Waals surface area contributed by atoms with Crippen molar-refractivity contribution in [3.8, 4) is 0 Å². The summed E-state index contributed by atoms with van der Waals surface area (Å²) in [5.74, 6) is 0. The molecule has 5 nitrogen and oxygen atoms in total. The van der Waals surface area contributed by atoms with Gasteiger partial charge in [0, 0.05) is 25.8 Å². The lowest BCUT2D eigenvalue weighted by atomic mass is 10.1. The summed E-state index contributed by atoms with van der Waals surface area (Å²) in [6, 6.07) is 3.75. The monoisotopic (exact) mass is 312 g/mol. The molecular weight excluding hydrogens is 288 g/mol. The van der Waals surface area contributed by atoms with Crippen molar-refractivity contribution in [2.75, 3.05) is 32.1 Å². The average Bonchev–Trinajstić information content (AvgIpc) is 2.46. The Hall–Kier alpha value is -1.11. The number of sulfonamides is 1. The van der Waals surface area contributed by atoms with E-state index in [1.54, 1.807) is 4.31 Å². The van der Waals surface area contributed by atoms with Gasteiger partial charge in [0.15, 0.2) is 0 Å².